The van der Waals surface area contributed by atoms with Gasteiger partial charge in [-0.25, -0.2) is 9.78 Å². The van der Waals surface area contributed by atoms with Gasteiger partial charge < -0.3 is 14.7 Å². The van der Waals surface area contributed by atoms with Gasteiger partial charge in [-0.1, -0.05) is 0 Å². The molecular formula is C16H10N4O5S. The molecule has 4 rings (SSSR count). The Kier molecular flexibility index (Phi) is 3.73. The van der Waals surface area contributed by atoms with Crippen molar-refractivity contribution in [1.29, 1.82) is 0 Å². The fraction of sp³-hybridized carbons (Fsp3) is 0.0625. The van der Waals surface area contributed by atoms with E-state index in [1.54, 1.807) is 11.6 Å². The van der Waals surface area contributed by atoms with Crippen LogP contribution in [0.3, 0.4) is 0 Å². The Hall–Kier alpha value is -3.53. The Morgan fingerprint density at radius 1 is 1.12 bits per heavy atom. The maximum absolute atomic E-state index is 12.2. The Morgan fingerprint density at radius 2 is 1.88 bits per heavy atom. The second-order valence-corrected chi connectivity index (χ2v) is 6.26. The van der Waals surface area contributed by atoms with Crippen LogP contribution in [0.2, 0.25) is 0 Å². The first-order valence-electron chi connectivity index (χ1n) is 7.40. The number of benzene rings is 1. The zero-order chi connectivity index (χ0) is 18.3. The van der Waals surface area contributed by atoms with E-state index in [0.29, 0.717) is 21.7 Å². The third kappa shape index (κ3) is 2.82. The second kappa shape index (κ2) is 6.08. The molecule has 1 aromatic carbocycles. The van der Waals surface area contributed by atoms with Crippen LogP contribution in [0, 0.1) is 0 Å². The van der Waals surface area contributed by atoms with E-state index in [9.17, 15) is 19.2 Å². The number of thiazole rings is 1. The van der Waals surface area contributed by atoms with E-state index in [2.05, 4.69) is 15.0 Å². The smallest absolute Gasteiger partial charge is 0.338 e. The summed E-state index contributed by atoms with van der Waals surface area (Å²) in [6.07, 6.45) is 1.62. The van der Waals surface area contributed by atoms with Gasteiger partial charge in [-0.3, -0.25) is 18.8 Å². The van der Waals surface area contributed by atoms with E-state index in [0.717, 1.165) is 0 Å². The van der Waals surface area contributed by atoms with Crippen LogP contribution in [0.5, 0.6) is 0 Å². The number of hydrogen-bond donors (Lipinski definition) is 2. The molecule has 0 bridgehead atoms. The number of rotatable bonds is 3. The van der Waals surface area contributed by atoms with Gasteiger partial charge in [0, 0.05) is 17.6 Å². The second-order valence-electron chi connectivity index (χ2n) is 5.39. The van der Waals surface area contributed by atoms with Crippen LogP contribution in [-0.2, 0) is 11.3 Å². The Morgan fingerprint density at radius 3 is 2.69 bits per heavy atom. The van der Waals surface area contributed by atoms with E-state index in [-0.39, 0.29) is 17.7 Å². The quantitative estimate of drug-likeness (QED) is 0.403. The summed E-state index contributed by atoms with van der Waals surface area (Å²) >= 11 is 1.30. The fourth-order valence-electron chi connectivity index (χ4n) is 2.43. The van der Waals surface area contributed by atoms with Crippen LogP contribution in [0.25, 0.3) is 16.0 Å². The van der Waals surface area contributed by atoms with Crippen LogP contribution < -0.4 is 16.7 Å². The molecular weight excluding hydrogens is 360 g/mol. The number of carbonyl (C=O) groups excluding carboxylic acids is 1. The zero-order valence-electron chi connectivity index (χ0n) is 13.0. The summed E-state index contributed by atoms with van der Waals surface area (Å²) < 4.78 is 6.59. The molecule has 0 amide bonds. The number of nitrogens with one attached hydrogen (secondary N) is 2. The van der Waals surface area contributed by atoms with Gasteiger partial charge in [0.25, 0.3) is 5.56 Å². The maximum atomic E-state index is 12.2. The highest BCUT2D eigenvalue weighted by atomic mass is 32.1. The molecule has 0 unspecified atom stereocenters. The number of H-pyrrole nitrogens is 2. The minimum Gasteiger partial charge on any atom is -0.456 e. The first-order valence-corrected chi connectivity index (χ1v) is 8.28. The third-order valence-corrected chi connectivity index (χ3v) is 4.42. The molecule has 0 aliphatic rings. The lowest BCUT2D eigenvalue weighted by molar-refractivity contribution is 0.0468. The summed E-state index contributed by atoms with van der Waals surface area (Å²) in [5.74, 6) is -0.646. The molecule has 0 saturated heterocycles. The van der Waals surface area contributed by atoms with Crippen molar-refractivity contribution in [1.82, 2.24) is 19.4 Å². The molecule has 3 heterocycles. The first-order chi connectivity index (χ1) is 12.5. The maximum Gasteiger partial charge on any atom is 0.338 e. The first kappa shape index (κ1) is 16.0. The number of aromatic nitrogens is 4. The Balaban J connectivity index is 1.58. The summed E-state index contributed by atoms with van der Waals surface area (Å²) in [7, 11) is 0. The topological polar surface area (TPSA) is 126 Å². The number of nitrogens with zero attached hydrogens (tertiary/aromatic N) is 2. The highest BCUT2D eigenvalue weighted by Gasteiger charge is 2.11. The molecule has 130 valence electrons. The lowest BCUT2D eigenvalue weighted by Crippen LogP contribution is -2.29. The number of hydrogen-bond acceptors (Lipinski definition) is 7. The van der Waals surface area contributed by atoms with Crippen molar-refractivity contribution in [3.8, 4) is 0 Å². The minimum absolute atomic E-state index is 0.164. The van der Waals surface area contributed by atoms with Gasteiger partial charge in [0.05, 0.1) is 22.3 Å². The van der Waals surface area contributed by atoms with Gasteiger partial charge in [-0.15, -0.1) is 11.3 Å². The molecule has 0 atom stereocenters. The summed E-state index contributed by atoms with van der Waals surface area (Å²) in [4.78, 5) is 56.4. The highest BCUT2D eigenvalue weighted by Crippen LogP contribution is 2.12. The van der Waals surface area contributed by atoms with E-state index in [4.69, 9.17) is 4.74 Å². The summed E-state index contributed by atoms with van der Waals surface area (Å²) in [6, 6.07) is 5.66. The number of carbonyl (C=O) groups is 1. The standard InChI is InChI=1S/C16H10N4O5S/c21-12-6-9(17-16-20(12)3-4-26-16)7-25-15(24)8-1-2-10-11(5-8)19-14(23)13(22)18-10/h1-6H,7H2,(H,18,22)(H,19,23). The van der Waals surface area contributed by atoms with Gasteiger partial charge in [-0.05, 0) is 18.2 Å². The van der Waals surface area contributed by atoms with Gasteiger partial charge in [0.2, 0.25) is 0 Å². The van der Waals surface area contributed by atoms with Gasteiger partial charge in [0.1, 0.15) is 6.61 Å². The van der Waals surface area contributed by atoms with Crippen molar-refractivity contribution < 1.29 is 9.53 Å². The van der Waals surface area contributed by atoms with Crippen LogP contribution in [0.15, 0.2) is 50.2 Å². The van der Waals surface area contributed by atoms with Crippen molar-refractivity contribution in [3.05, 3.63) is 78.2 Å². The van der Waals surface area contributed by atoms with E-state index in [1.807, 2.05) is 0 Å². The van der Waals surface area contributed by atoms with E-state index >= 15 is 0 Å². The Bertz CT molecular complexity index is 1330. The van der Waals surface area contributed by atoms with Gasteiger partial charge >= 0.3 is 17.1 Å². The van der Waals surface area contributed by atoms with Gasteiger partial charge in [0.15, 0.2) is 4.96 Å². The molecule has 10 heteroatoms. The van der Waals surface area contributed by atoms with E-state index in [1.165, 1.54) is 40.0 Å². The molecule has 0 spiro atoms. The molecule has 0 radical (unpaired) electrons. The molecule has 26 heavy (non-hydrogen) atoms. The predicted molar refractivity (Wildman–Crippen MR) is 93.6 cm³/mol. The van der Waals surface area contributed by atoms with Crippen molar-refractivity contribution in [2.24, 2.45) is 0 Å². The molecule has 3 aromatic heterocycles. The monoisotopic (exact) mass is 370 g/mol. The largest absolute Gasteiger partial charge is 0.456 e. The van der Waals surface area contributed by atoms with Crippen molar-refractivity contribution in [2.75, 3.05) is 0 Å². The summed E-state index contributed by atoms with van der Waals surface area (Å²) in [6.45, 7) is -0.164. The number of aromatic amines is 2. The number of fused-ring (bicyclic) bond motifs is 2. The van der Waals surface area contributed by atoms with Crippen LogP contribution in [0.4, 0.5) is 0 Å². The molecule has 9 nitrogen and oxygen atoms in total. The van der Waals surface area contributed by atoms with Crippen LogP contribution in [0.1, 0.15) is 16.1 Å². The molecule has 0 saturated carbocycles. The summed E-state index contributed by atoms with van der Waals surface area (Å²) in [5.41, 5.74) is -0.608. The lowest BCUT2D eigenvalue weighted by atomic mass is 10.2. The predicted octanol–water partition coefficient (Wildman–Crippen LogP) is 0.643. The van der Waals surface area contributed by atoms with E-state index < -0.39 is 17.1 Å². The number of ether oxygens (including phenoxy) is 1. The average molecular weight is 370 g/mol. The number of esters is 1. The minimum atomic E-state index is -0.808. The van der Waals surface area contributed by atoms with Crippen molar-refractivity contribution in [3.63, 3.8) is 0 Å². The zero-order valence-corrected chi connectivity index (χ0v) is 13.8. The summed E-state index contributed by atoms with van der Waals surface area (Å²) in [5, 5.41) is 1.74. The van der Waals surface area contributed by atoms with Crippen LogP contribution >= 0.6 is 11.3 Å². The van der Waals surface area contributed by atoms with Crippen molar-refractivity contribution >= 4 is 33.3 Å². The molecule has 0 aliphatic heterocycles. The molecule has 4 aromatic rings. The lowest BCUT2D eigenvalue weighted by Gasteiger charge is -2.05. The average Bonchev–Trinajstić information content (AvgIpc) is 3.09. The highest BCUT2D eigenvalue weighted by molar-refractivity contribution is 7.15. The third-order valence-electron chi connectivity index (χ3n) is 3.67. The normalized spacial score (nSPS) is 11.1. The molecule has 2 N–H and O–H groups in total. The Labute approximate surface area is 147 Å². The van der Waals surface area contributed by atoms with Crippen molar-refractivity contribution in [2.45, 2.75) is 6.61 Å². The molecule has 0 fully saturated rings. The molecule has 0 aliphatic carbocycles. The van der Waals surface area contributed by atoms with Crippen LogP contribution in [-0.4, -0.2) is 25.3 Å². The SMILES string of the molecule is O=C(OCc1cc(=O)n2ccsc2n1)c1ccc2[nH]c(=O)c(=O)[nH]c2c1. The van der Waals surface area contributed by atoms with Gasteiger partial charge in [-0.2, -0.15) is 0 Å². The fourth-order valence-corrected chi connectivity index (χ4v) is 3.17.